The third-order valence-electron chi connectivity index (χ3n) is 6.15. The van der Waals surface area contributed by atoms with E-state index in [1.807, 2.05) is 24.3 Å². The number of methoxy groups -OCH3 is 3. The number of anilines is 1. The first-order chi connectivity index (χ1) is 17.0. The molecule has 1 aliphatic rings. The lowest BCUT2D eigenvalue weighted by Crippen LogP contribution is -2.26. The van der Waals surface area contributed by atoms with Gasteiger partial charge in [-0.3, -0.25) is 14.6 Å². The average Bonchev–Trinajstić information content (AvgIpc) is 3.10. The number of carbonyl (C=O) groups is 1. The monoisotopic (exact) mass is 475 g/mol. The molecule has 35 heavy (non-hydrogen) atoms. The van der Waals surface area contributed by atoms with Crippen LogP contribution >= 0.6 is 0 Å². The highest BCUT2D eigenvalue weighted by Crippen LogP contribution is 2.50. The van der Waals surface area contributed by atoms with Gasteiger partial charge in [0.1, 0.15) is 0 Å². The van der Waals surface area contributed by atoms with Gasteiger partial charge in [0.2, 0.25) is 17.1 Å². The molecule has 2 aromatic carbocycles. The number of pyridine rings is 1. The molecule has 8 nitrogen and oxygen atoms in total. The number of aryl methyl sites for hydroxylation is 1. The van der Waals surface area contributed by atoms with E-state index < -0.39 is 0 Å². The number of hydrogen-bond acceptors (Lipinski definition) is 7. The number of aromatic nitrogens is 1. The van der Waals surface area contributed by atoms with Crippen LogP contribution in [-0.4, -0.2) is 32.2 Å². The molecule has 0 bridgehead atoms. The summed E-state index contributed by atoms with van der Waals surface area (Å²) in [6.45, 7) is 1.96. The summed E-state index contributed by atoms with van der Waals surface area (Å²) >= 11 is 0. The van der Waals surface area contributed by atoms with Crippen LogP contribution in [0, 0.1) is 0 Å². The van der Waals surface area contributed by atoms with E-state index in [4.69, 9.17) is 14.2 Å². The number of nitrogens with zero attached hydrogens (tertiary/aromatic N) is 1. The fraction of sp³-hybridized carbons (Fsp3) is 0.296. The summed E-state index contributed by atoms with van der Waals surface area (Å²) in [5.74, 6) is 1.40. The first-order valence-electron chi connectivity index (χ1n) is 11.4. The van der Waals surface area contributed by atoms with Gasteiger partial charge in [-0.15, -0.1) is 0 Å². The van der Waals surface area contributed by atoms with Gasteiger partial charge in [-0.25, -0.2) is 0 Å². The molecule has 8 heteroatoms. The highest BCUT2D eigenvalue weighted by molar-refractivity contribution is 5.83. The van der Waals surface area contributed by atoms with Crippen molar-refractivity contribution >= 4 is 11.6 Å². The molecule has 1 amide bonds. The van der Waals surface area contributed by atoms with E-state index in [1.54, 1.807) is 45.9 Å². The van der Waals surface area contributed by atoms with E-state index in [-0.39, 0.29) is 17.4 Å². The molecule has 2 N–H and O–H groups in total. The number of carbonyl (C=O) groups excluding carboxylic acids is 1. The Kier molecular flexibility index (Phi) is 7.19. The van der Waals surface area contributed by atoms with Crippen LogP contribution in [0.1, 0.15) is 36.1 Å². The first kappa shape index (κ1) is 24.1. The van der Waals surface area contributed by atoms with Crippen LogP contribution < -0.4 is 30.3 Å². The van der Waals surface area contributed by atoms with Crippen molar-refractivity contribution < 1.29 is 19.0 Å². The zero-order valence-corrected chi connectivity index (χ0v) is 20.3. The highest BCUT2D eigenvalue weighted by Gasteiger charge is 2.29. The van der Waals surface area contributed by atoms with Gasteiger partial charge in [-0.05, 0) is 65.4 Å². The predicted octanol–water partition coefficient (Wildman–Crippen LogP) is 3.87. The molecule has 1 aromatic heterocycles. The summed E-state index contributed by atoms with van der Waals surface area (Å²) in [6.07, 6.45) is 4.69. The van der Waals surface area contributed by atoms with Crippen molar-refractivity contribution in [2.24, 2.45) is 0 Å². The molecular weight excluding hydrogens is 446 g/mol. The number of benzene rings is 1. The second-order valence-electron chi connectivity index (χ2n) is 8.30. The van der Waals surface area contributed by atoms with Crippen LogP contribution in [0.5, 0.6) is 17.2 Å². The zero-order valence-electron chi connectivity index (χ0n) is 20.3. The maximum Gasteiger partial charge on any atom is 0.217 e. The van der Waals surface area contributed by atoms with Crippen LogP contribution in [-0.2, 0) is 17.8 Å². The Morgan fingerprint density at radius 3 is 2.43 bits per heavy atom. The van der Waals surface area contributed by atoms with Crippen molar-refractivity contribution in [2.75, 3.05) is 26.6 Å². The van der Waals surface area contributed by atoms with Crippen molar-refractivity contribution in [1.29, 1.82) is 0 Å². The Hall–Kier alpha value is -4.07. The minimum atomic E-state index is -0.343. The van der Waals surface area contributed by atoms with Crippen LogP contribution in [0.3, 0.4) is 0 Å². The van der Waals surface area contributed by atoms with Gasteiger partial charge in [-0.2, -0.15) is 0 Å². The molecule has 0 spiro atoms. The highest BCUT2D eigenvalue weighted by atomic mass is 16.5. The van der Waals surface area contributed by atoms with Crippen LogP contribution in [0.4, 0.5) is 5.69 Å². The van der Waals surface area contributed by atoms with Gasteiger partial charge in [-0.1, -0.05) is 6.07 Å². The van der Waals surface area contributed by atoms with Crippen LogP contribution in [0.25, 0.3) is 11.1 Å². The summed E-state index contributed by atoms with van der Waals surface area (Å²) in [4.78, 5) is 29.4. The molecule has 0 radical (unpaired) electrons. The van der Waals surface area contributed by atoms with Crippen molar-refractivity contribution in [3.8, 4) is 28.4 Å². The summed E-state index contributed by atoms with van der Waals surface area (Å²) in [7, 11) is 4.72. The van der Waals surface area contributed by atoms with Crippen molar-refractivity contribution in [3.05, 3.63) is 75.7 Å². The van der Waals surface area contributed by atoms with E-state index >= 15 is 0 Å². The number of amides is 1. The largest absolute Gasteiger partial charge is 0.493 e. The molecule has 0 saturated carbocycles. The Balaban J connectivity index is 1.91. The first-order valence-corrected chi connectivity index (χ1v) is 11.4. The number of nitrogens with one attached hydrogen (secondary N) is 2. The zero-order chi connectivity index (χ0) is 24.9. The minimum absolute atomic E-state index is 0.163. The molecule has 182 valence electrons. The molecular formula is C27H29N3O5. The molecule has 0 fully saturated rings. The third-order valence-corrected chi connectivity index (χ3v) is 6.15. The van der Waals surface area contributed by atoms with Gasteiger partial charge in [0.15, 0.2) is 11.5 Å². The van der Waals surface area contributed by atoms with Crippen LogP contribution in [0.2, 0.25) is 0 Å². The Morgan fingerprint density at radius 2 is 1.77 bits per heavy atom. The quantitative estimate of drug-likeness (QED) is 0.535. The summed E-state index contributed by atoms with van der Waals surface area (Å²) in [6, 6.07) is 10.7. The number of ether oxygens (including phenoxy) is 3. The molecule has 0 unspecified atom stereocenters. The van der Waals surface area contributed by atoms with E-state index in [0.717, 1.165) is 27.8 Å². The topological polar surface area (TPSA) is 98.8 Å². The molecule has 0 aliphatic heterocycles. The minimum Gasteiger partial charge on any atom is -0.493 e. The second-order valence-corrected chi connectivity index (χ2v) is 8.30. The van der Waals surface area contributed by atoms with Crippen molar-refractivity contribution in [1.82, 2.24) is 10.3 Å². The lowest BCUT2D eigenvalue weighted by molar-refractivity contribution is -0.119. The predicted molar refractivity (Wildman–Crippen MR) is 134 cm³/mol. The summed E-state index contributed by atoms with van der Waals surface area (Å²) < 4.78 is 17.0. The van der Waals surface area contributed by atoms with Gasteiger partial charge in [0.05, 0.1) is 33.1 Å². The fourth-order valence-electron chi connectivity index (χ4n) is 4.55. The molecule has 1 heterocycles. The smallest absolute Gasteiger partial charge is 0.217 e. The summed E-state index contributed by atoms with van der Waals surface area (Å²) in [5, 5.41) is 6.25. The van der Waals surface area contributed by atoms with Crippen molar-refractivity contribution in [3.63, 3.8) is 0 Å². The average molecular weight is 476 g/mol. The SMILES string of the molecule is COc1cc2c(c(OC)c1OC)-c1ccc(NCc3ccncc3)c(=O)cc1[C@H](NC(C)=O)CC2. The van der Waals surface area contributed by atoms with E-state index in [0.29, 0.717) is 42.3 Å². The lowest BCUT2D eigenvalue weighted by Gasteiger charge is -2.19. The molecule has 1 atom stereocenters. The molecule has 4 rings (SSSR count). The number of rotatable bonds is 7. The molecule has 3 aromatic rings. The maximum atomic E-state index is 13.3. The second kappa shape index (κ2) is 10.5. The fourth-order valence-corrected chi connectivity index (χ4v) is 4.55. The Bertz CT molecular complexity index is 1290. The molecule has 1 aliphatic carbocycles. The third kappa shape index (κ3) is 4.91. The van der Waals surface area contributed by atoms with Gasteiger partial charge < -0.3 is 24.8 Å². The van der Waals surface area contributed by atoms with E-state index in [9.17, 15) is 9.59 Å². The lowest BCUT2D eigenvalue weighted by atomic mass is 9.95. The van der Waals surface area contributed by atoms with E-state index in [2.05, 4.69) is 15.6 Å². The number of fused-ring (bicyclic) bond motifs is 3. The Labute approximate surface area is 204 Å². The Morgan fingerprint density at radius 1 is 1.03 bits per heavy atom. The summed E-state index contributed by atoms with van der Waals surface area (Å²) in [5.41, 5.74) is 4.63. The number of hydrogen-bond donors (Lipinski definition) is 2. The van der Waals surface area contributed by atoms with Gasteiger partial charge in [0.25, 0.3) is 0 Å². The normalized spacial score (nSPS) is 14.1. The molecule has 0 saturated heterocycles. The standard InChI is InChI=1S/C27H29N3O5/c1-16(31)30-21-7-5-18-13-24(33-2)26(34-3)27(35-4)25(18)19-6-8-22(23(32)14-20(19)21)29-15-17-9-11-28-12-10-17/h6,8-14,21H,5,7,15H2,1-4H3,(H,29,32)(H,30,31)/t21-/m1/s1. The van der Waals surface area contributed by atoms with Crippen LogP contribution in [0.15, 0.2) is 53.6 Å². The van der Waals surface area contributed by atoms with Crippen molar-refractivity contribution in [2.45, 2.75) is 32.4 Å². The maximum absolute atomic E-state index is 13.3. The van der Waals surface area contributed by atoms with Gasteiger partial charge in [0, 0.05) is 31.4 Å². The van der Waals surface area contributed by atoms with E-state index in [1.165, 1.54) is 6.92 Å². The van der Waals surface area contributed by atoms with Gasteiger partial charge >= 0.3 is 0 Å².